The summed E-state index contributed by atoms with van der Waals surface area (Å²) in [5.41, 5.74) is 0.556. The van der Waals surface area contributed by atoms with Crippen LogP contribution in [-0.4, -0.2) is 26.6 Å². The number of anilines is 2. The molecular weight excluding hydrogens is 355 g/mol. The molecule has 0 heterocycles. The van der Waals surface area contributed by atoms with Crippen molar-refractivity contribution in [2.45, 2.75) is 13.0 Å². The maximum Gasteiger partial charge on any atom is 0.247 e. The Kier molecular flexibility index (Phi) is 5.46. The lowest BCUT2D eigenvalue weighted by molar-refractivity contribution is -0.116. The monoisotopic (exact) mass is 370 g/mol. The van der Waals surface area contributed by atoms with Crippen LogP contribution in [0, 0.1) is 5.82 Å². The summed E-state index contributed by atoms with van der Waals surface area (Å²) in [5, 5.41) is 3.12. The molecule has 0 unspecified atom stereocenters. The molecule has 0 saturated heterocycles. The number of carbonyl (C=O) groups is 1. The molecule has 24 heavy (non-hydrogen) atoms. The lowest BCUT2D eigenvalue weighted by Crippen LogP contribution is -2.45. The van der Waals surface area contributed by atoms with Crippen LogP contribution in [0.4, 0.5) is 15.8 Å². The van der Waals surface area contributed by atoms with Gasteiger partial charge in [0.25, 0.3) is 0 Å². The molecule has 5 nitrogen and oxygen atoms in total. The second kappa shape index (κ2) is 7.19. The molecule has 0 bridgehead atoms. The summed E-state index contributed by atoms with van der Waals surface area (Å²) in [6, 6.07) is 10.4. The first-order valence-corrected chi connectivity index (χ1v) is 9.22. The van der Waals surface area contributed by atoms with Gasteiger partial charge in [-0.15, -0.1) is 0 Å². The highest BCUT2D eigenvalue weighted by molar-refractivity contribution is 7.92. The Morgan fingerprint density at radius 2 is 1.83 bits per heavy atom. The van der Waals surface area contributed by atoms with Gasteiger partial charge in [-0.2, -0.15) is 0 Å². The van der Waals surface area contributed by atoms with E-state index in [4.69, 9.17) is 11.6 Å². The van der Waals surface area contributed by atoms with Crippen molar-refractivity contribution in [3.63, 3.8) is 0 Å². The van der Waals surface area contributed by atoms with Crippen molar-refractivity contribution >= 4 is 38.9 Å². The van der Waals surface area contributed by atoms with E-state index >= 15 is 0 Å². The maximum atomic E-state index is 13.4. The van der Waals surface area contributed by atoms with Gasteiger partial charge in [0.05, 0.1) is 11.9 Å². The second-order valence-corrected chi connectivity index (χ2v) is 7.51. The van der Waals surface area contributed by atoms with Gasteiger partial charge in [-0.05, 0) is 49.4 Å². The predicted octanol–water partition coefficient (Wildman–Crippen LogP) is 3.27. The van der Waals surface area contributed by atoms with Crippen molar-refractivity contribution in [2.24, 2.45) is 0 Å². The molecule has 1 atom stereocenters. The lowest BCUT2D eigenvalue weighted by atomic mass is 10.2. The molecule has 0 aliphatic rings. The standard InChI is InChI=1S/C16H16ClFN2O3S/c1-11(16(21)19-14-8-6-12(17)7-9-14)20(24(2,22)23)15-5-3-4-13(18)10-15/h3-11H,1-2H3,(H,19,21)/t11-/m0/s1. The third-order valence-corrected chi connectivity index (χ3v) is 4.76. The Balaban J connectivity index is 2.29. The summed E-state index contributed by atoms with van der Waals surface area (Å²) in [6.07, 6.45) is 0.962. The number of halogens is 2. The zero-order valence-corrected chi connectivity index (χ0v) is 14.6. The molecule has 2 aromatic carbocycles. The smallest absolute Gasteiger partial charge is 0.247 e. The predicted molar refractivity (Wildman–Crippen MR) is 93.3 cm³/mol. The summed E-state index contributed by atoms with van der Waals surface area (Å²) in [5.74, 6) is -1.14. The average Bonchev–Trinajstić information content (AvgIpc) is 2.48. The highest BCUT2D eigenvalue weighted by Gasteiger charge is 2.29. The van der Waals surface area contributed by atoms with Crippen LogP contribution in [0.2, 0.25) is 5.02 Å². The van der Waals surface area contributed by atoms with Crippen LogP contribution < -0.4 is 9.62 Å². The molecule has 0 aliphatic heterocycles. The van der Waals surface area contributed by atoms with E-state index < -0.39 is 27.8 Å². The molecule has 1 amide bonds. The highest BCUT2D eigenvalue weighted by Crippen LogP contribution is 2.22. The average molecular weight is 371 g/mol. The van der Waals surface area contributed by atoms with Crippen molar-refractivity contribution in [1.82, 2.24) is 0 Å². The SMILES string of the molecule is C[C@@H](C(=O)Nc1ccc(Cl)cc1)N(c1cccc(F)c1)S(C)(=O)=O. The molecular formula is C16H16ClFN2O3S. The molecule has 2 aromatic rings. The number of nitrogens with zero attached hydrogens (tertiary/aromatic N) is 1. The van der Waals surface area contributed by atoms with Crippen LogP contribution >= 0.6 is 11.6 Å². The number of sulfonamides is 1. The van der Waals surface area contributed by atoms with Gasteiger partial charge in [-0.1, -0.05) is 17.7 Å². The Morgan fingerprint density at radius 3 is 2.38 bits per heavy atom. The fourth-order valence-corrected chi connectivity index (χ4v) is 3.49. The van der Waals surface area contributed by atoms with Gasteiger partial charge >= 0.3 is 0 Å². The number of amides is 1. The van der Waals surface area contributed by atoms with Gasteiger partial charge in [-0.25, -0.2) is 12.8 Å². The van der Waals surface area contributed by atoms with E-state index in [-0.39, 0.29) is 5.69 Å². The maximum absolute atomic E-state index is 13.4. The largest absolute Gasteiger partial charge is 0.324 e. The van der Waals surface area contributed by atoms with E-state index in [0.717, 1.165) is 16.6 Å². The summed E-state index contributed by atoms with van der Waals surface area (Å²) >= 11 is 5.78. The van der Waals surface area contributed by atoms with Crippen molar-refractivity contribution in [1.29, 1.82) is 0 Å². The normalized spacial score (nSPS) is 12.5. The molecule has 0 fully saturated rings. The molecule has 0 aromatic heterocycles. The lowest BCUT2D eigenvalue weighted by Gasteiger charge is -2.28. The fourth-order valence-electron chi connectivity index (χ4n) is 2.20. The van der Waals surface area contributed by atoms with Crippen molar-refractivity contribution < 1.29 is 17.6 Å². The molecule has 0 spiro atoms. The fraction of sp³-hybridized carbons (Fsp3) is 0.188. The van der Waals surface area contributed by atoms with E-state index in [1.165, 1.54) is 25.1 Å². The quantitative estimate of drug-likeness (QED) is 0.878. The minimum absolute atomic E-state index is 0.0799. The van der Waals surface area contributed by atoms with Crippen LogP contribution in [0.25, 0.3) is 0 Å². The minimum atomic E-state index is -3.79. The number of nitrogens with one attached hydrogen (secondary N) is 1. The topological polar surface area (TPSA) is 66.5 Å². The Hall–Kier alpha value is -2.12. The number of rotatable bonds is 5. The molecule has 2 rings (SSSR count). The number of benzene rings is 2. The minimum Gasteiger partial charge on any atom is -0.324 e. The molecule has 128 valence electrons. The number of carbonyl (C=O) groups excluding carboxylic acids is 1. The summed E-state index contributed by atoms with van der Waals surface area (Å²) in [6.45, 7) is 1.43. The molecule has 0 aliphatic carbocycles. The van der Waals surface area contributed by atoms with Gasteiger partial charge in [0.15, 0.2) is 0 Å². The van der Waals surface area contributed by atoms with Crippen LogP contribution in [0.5, 0.6) is 0 Å². The summed E-state index contributed by atoms with van der Waals surface area (Å²) in [4.78, 5) is 12.4. The second-order valence-electron chi connectivity index (χ2n) is 5.21. The molecule has 0 saturated carbocycles. The van der Waals surface area contributed by atoms with Gasteiger partial charge in [0, 0.05) is 10.7 Å². The van der Waals surface area contributed by atoms with Crippen molar-refractivity contribution in [3.8, 4) is 0 Å². The van der Waals surface area contributed by atoms with Gasteiger partial charge in [0.1, 0.15) is 11.9 Å². The molecule has 0 radical (unpaired) electrons. The van der Waals surface area contributed by atoms with E-state index in [1.807, 2.05) is 0 Å². The van der Waals surface area contributed by atoms with Crippen LogP contribution in [0.3, 0.4) is 0 Å². The highest BCUT2D eigenvalue weighted by atomic mass is 35.5. The Bertz CT molecular complexity index is 841. The van der Waals surface area contributed by atoms with Gasteiger partial charge in [-0.3, -0.25) is 9.10 Å². The first-order chi connectivity index (χ1) is 11.2. The summed E-state index contributed by atoms with van der Waals surface area (Å²) < 4.78 is 38.5. The molecule has 8 heteroatoms. The molecule has 1 N–H and O–H groups in total. The Morgan fingerprint density at radius 1 is 1.21 bits per heavy atom. The third kappa shape index (κ3) is 4.46. The van der Waals surface area contributed by atoms with E-state index in [1.54, 1.807) is 24.3 Å². The van der Waals surface area contributed by atoms with Crippen molar-refractivity contribution in [3.05, 3.63) is 59.4 Å². The number of hydrogen-bond acceptors (Lipinski definition) is 3. The first kappa shape index (κ1) is 18.2. The summed E-state index contributed by atoms with van der Waals surface area (Å²) in [7, 11) is -3.79. The zero-order chi connectivity index (χ0) is 17.9. The van der Waals surface area contributed by atoms with Crippen LogP contribution in [0.1, 0.15) is 6.92 Å². The first-order valence-electron chi connectivity index (χ1n) is 7.00. The third-order valence-electron chi connectivity index (χ3n) is 3.26. The van der Waals surface area contributed by atoms with Gasteiger partial charge in [0.2, 0.25) is 15.9 Å². The van der Waals surface area contributed by atoms with E-state index in [0.29, 0.717) is 10.7 Å². The zero-order valence-electron chi connectivity index (χ0n) is 13.0. The van der Waals surface area contributed by atoms with Gasteiger partial charge < -0.3 is 5.32 Å². The van der Waals surface area contributed by atoms with Crippen LogP contribution in [-0.2, 0) is 14.8 Å². The number of hydrogen-bond donors (Lipinski definition) is 1. The van der Waals surface area contributed by atoms with Crippen molar-refractivity contribution in [2.75, 3.05) is 15.9 Å². The Labute approximate surface area is 145 Å². The van der Waals surface area contributed by atoms with Crippen LogP contribution in [0.15, 0.2) is 48.5 Å². The van der Waals surface area contributed by atoms with E-state index in [2.05, 4.69) is 5.32 Å². The van der Waals surface area contributed by atoms with E-state index in [9.17, 15) is 17.6 Å².